The molecule has 27 heavy (non-hydrogen) atoms. The molecule has 2 aromatic carbocycles. The number of hydrogen-bond acceptors (Lipinski definition) is 4. The van der Waals surface area contributed by atoms with Crippen molar-refractivity contribution in [2.24, 2.45) is 0 Å². The van der Waals surface area contributed by atoms with E-state index in [2.05, 4.69) is 5.32 Å². The Morgan fingerprint density at radius 1 is 1.22 bits per heavy atom. The van der Waals surface area contributed by atoms with Gasteiger partial charge in [-0.2, -0.15) is 0 Å². The molecule has 0 aromatic heterocycles. The number of carbonyl (C=O) groups is 3. The third-order valence-electron chi connectivity index (χ3n) is 4.10. The van der Waals surface area contributed by atoms with Gasteiger partial charge in [0.15, 0.2) is 6.61 Å². The number of carbonyl (C=O) groups excluding carboxylic acids is 3. The maximum Gasteiger partial charge on any atom is 0.340 e. The topological polar surface area (TPSA) is 75.7 Å². The van der Waals surface area contributed by atoms with E-state index in [1.165, 1.54) is 17.0 Å². The van der Waals surface area contributed by atoms with Crippen LogP contribution in [0.25, 0.3) is 0 Å². The Hall–Kier alpha value is -2.57. The molecule has 1 atom stereocenters. The van der Waals surface area contributed by atoms with E-state index in [0.29, 0.717) is 16.4 Å². The first-order valence-corrected chi connectivity index (χ1v) is 8.95. The zero-order valence-corrected chi connectivity index (χ0v) is 15.9. The second-order valence-electron chi connectivity index (χ2n) is 6.08. The first-order valence-electron chi connectivity index (χ1n) is 8.20. The first kappa shape index (κ1) is 19.2. The summed E-state index contributed by atoms with van der Waals surface area (Å²) in [4.78, 5) is 38.5. The second kappa shape index (κ2) is 7.98. The molecule has 8 heteroatoms. The molecule has 1 aliphatic heterocycles. The van der Waals surface area contributed by atoms with Crippen LogP contribution in [0.4, 0.5) is 11.4 Å². The number of amides is 2. The lowest BCUT2D eigenvalue weighted by atomic mass is 10.1. The van der Waals surface area contributed by atoms with Crippen LogP contribution in [0.3, 0.4) is 0 Å². The van der Waals surface area contributed by atoms with Crippen molar-refractivity contribution in [1.82, 2.24) is 0 Å². The highest BCUT2D eigenvalue weighted by atomic mass is 35.5. The first-order chi connectivity index (χ1) is 12.9. The molecule has 1 heterocycles. The quantitative estimate of drug-likeness (QED) is 0.783. The average molecular weight is 407 g/mol. The molecule has 0 saturated heterocycles. The number of esters is 1. The number of hydrogen-bond donors (Lipinski definition) is 1. The molecule has 0 bridgehead atoms. The van der Waals surface area contributed by atoms with Crippen molar-refractivity contribution in [3.63, 3.8) is 0 Å². The molecule has 0 saturated carbocycles. The molecule has 3 rings (SSSR count). The van der Waals surface area contributed by atoms with Gasteiger partial charge in [-0.05, 0) is 37.3 Å². The standard InChI is InChI=1S/C19H16Cl2N2O4/c1-11-8-17(24)22-15-4-2-3-5-16(15)23(11)18(25)10-27-19(26)13-9-12(20)6-7-14(13)21/h2-7,9,11H,8,10H2,1H3,(H,22,24)/t11-/m0/s1. The zero-order chi connectivity index (χ0) is 19.6. The van der Waals surface area contributed by atoms with E-state index in [4.69, 9.17) is 27.9 Å². The van der Waals surface area contributed by atoms with Crippen LogP contribution in [0.15, 0.2) is 42.5 Å². The Bertz CT molecular complexity index is 916. The molecule has 1 aliphatic rings. The lowest BCUT2D eigenvalue weighted by molar-refractivity contribution is -0.122. The SMILES string of the molecule is C[C@H]1CC(=O)Nc2ccccc2N1C(=O)COC(=O)c1cc(Cl)ccc1Cl. The Balaban J connectivity index is 1.78. The van der Waals surface area contributed by atoms with Gasteiger partial charge in [-0.1, -0.05) is 35.3 Å². The van der Waals surface area contributed by atoms with Crippen molar-refractivity contribution < 1.29 is 19.1 Å². The number of anilines is 2. The normalized spacial score (nSPS) is 16.2. The molecular weight excluding hydrogens is 391 g/mol. The van der Waals surface area contributed by atoms with Gasteiger partial charge in [0.05, 0.1) is 22.0 Å². The Morgan fingerprint density at radius 2 is 1.96 bits per heavy atom. The molecule has 0 aliphatic carbocycles. The second-order valence-corrected chi connectivity index (χ2v) is 6.93. The number of para-hydroxylation sites is 2. The Labute approximate surface area is 166 Å². The predicted octanol–water partition coefficient (Wildman–Crippen LogP) is 3.91. The van der Waals surface area contributed by atoms with Crippen molar-refractivity contribution in [3.8, 4) is 0 Å². The third kappa shape index (κ3) is 4.23. The third-order valence-corrected chi connectivity index (χ3v) is 4.67. The van der Waals surface area contributed by atoms with Gasteiger partial charge in [0.2, 0.25) is 5.91 Å². The zero-order valence-electron chi connectivity index (χ0n) is 14.4. The van der Waals surface area contributed by atoms with Crippen LogP contribution in [0.1, 0.15) is 23.7 Å². The van der Waals surface area contributed by atoms with Crippen molar-refractivity contribution in [3.05, 3.63) is 58.1 Å². The molecular formula is C19H16Cl2N2O4. The lowest BCUT2D eigenvalue weighted by Gasteiger charge is -2.27. The highest BCUT2D eigenvalue weighted by Gasteiger charge is 2.30. The van der Waals surface area contributed by atoms with Gasteiger partial charge in [-0.25, -0.2) is 4.79 Å². The fourth-order valence-corrected chi connectivity index (χ4v) is 3.26. The van der Waals surface area contributed by atoms with E-state index >= 15 is 0 Å². The van der Waals surface area contributed by atoms with Crippen LogP contribution in [0, 0.1) is 0 Å². The number of nitrogens with zero attached hydrogens (tertiary/aromatic N) is 1. The van der Waals surface area contributed by atoms with E-state index in [1.807, 2.05) is 0 Å². The van der Waals surface area contributed by atoms with E-state index < -0.39 is 24.5 Å². The van der Waals surface area contributed by atoms with Crippen LogP contribution < -0.4 is 10.2 Å². The summed E-state index contributed by atoms with van der Waals surface area (Å²) in [6.07, 6.45) is 0.133. The summed E-state index contributed by atoms with van der Waals surface area (Å²) in [6.45, 7) is 1.27. The number of benzene rings is 2. The fourth-order valence-electron chi connectivity index (χ4n) is 2.90. The summed E-state index contributed by atoms with van der Waals surface area (Å²) in [7, 11) is 0. The van der Waals surface area contributed by atoms with Crippen LogP contribution in [-0.2, 0) is 14.3 Å². The number of nitrogens with one attached hydrogen (secondary N) is 1. The van der Waals surface area contributed by atoms with Crippen LogP contribution in [0.5, 0.6) is 0 Å². The molecule has 2 amide bonds. The number of rotatable bonds is 3. The van der Waals surface area contributed by atoms with Gasteiger partial charge < -0.3 is 15.0 Å². The summed E-state index contributed by atoms with van der Waals surface area (Å²) in [6, 6.07) is 11.0. The van der Waals surface area contributed by atoms with Crippen molar-refractivity contribution in [1.29, 1.82) is 0 Å². The molecule has 0 fully saturated rings. The number of fused-ring (bicyclic) bond motifs is 1. The Kier molecular flexibility index (Phi) is 5.68. The molecule has 0 unspecified atom stereocenters. The summed E-state index contributed by atoms with van der Waals surface area (Å²) in [5.41, 5.74) is 1.17. The van der Waals surface area contributed by atoms with Gasteiger partial charge in [0.1, 0.15) is 0 Å². The Morgan fingerprint density at radius 3 is 2.74 bits per heavy atom. The van der Waals surface area contributed by atoms with Gasteiger partial charge in [-0.3, -0.25) is 9.59 Å². The lowest BCUT2D eigenvalue weighted by Crippen LogP contribution is -2.41. The van der Waals surface area contributed by atoms with Crippen molar-refractivity contribution >= 4 is 52.4 Å². The van der Waals surface area contributed by atoms with Crippen molar-refractivity contribution in [2.75, 3.05) is 16.8 Å². The molecule has 6 nitrogen and oxygen atoms in total. The molecule has 0 radical (unpaired) electrons. The van der Waals surface area contributed by atoms with E-state index in [9.17, 15) is 14.4 Å². The van der Waals surface area contributed by atoms with E-state index in [1.54, 1.807) is 37.3 Å². The molecule has 2 aromatic rings. The van der Waals surface area contributed by atoms with E-state index in [0.717, 1.165) is 0 Å². The number of halogens is 2. The molecule has 140 valence electrons. The minimum absolute atomic E-state index is 0.0816. The molecule has 0 spiro atoms. The summed E-state index contributed by atoms with van der Waals surface area (Å²) in [5, 5.41) is 3.28. The minimum Gasteiger partial charge on any atom is -0.452 e. The maximum atomic E-state index is 12.8. The van der Waals surface area contributed by atoms with Crippen LogP contribution >= 0.6 is 23.2 Å². The molecule has 1 N–H and O–H groups in total. The van der Waals surface area contributed by atoms with Gasteiger partial charge in [0.25, 0.3) is 5.91 Å². The monoisotopic (exact) mass is 406 g/mol. The minimum atomic E-state index is -0.749. The maximum absolute atomic E-state index is 12.8. The smallest absolute Gasteiger partial charge is 0.340 e. The van der Waals surface area contributed by atoms with Crippen molar-refractivity contribution in [2.45, 2.75) is 19.4 Å². The number of ether oxygens (including phenoxy) is 1. The van der Waals surface area contributed by atoms with E-state index in [-0.39, 0.29) is 22.9 Å². The highest BCUT2D eigenvalue weighted by Crippen LogP contribution is 2.31. The van der Waals surface area contributed by atoms with Gasteiger partial charge in [0, 0.05) is 17.5 Å². The summed E-state index contributed by atoms with van der Waals surface area (Å²) < 4.78 is 5.13. The summed E-state index contributed by atoms with van der Waals surface area (Å²) >= 11 is 11.9. The van der Waals surface area contributed by atoms with Gasteiger partial charge >= 0.3 is 5.97 Å². The largest absolute Gasteiger partial charge is 0.452 e. The van der Waals surface area contributed by atoms with Gasteiger partial charge in [-0.15, -0.1) is 0 Å². The highest BCUT2D eigenvalue weighted by molar-refractivity contribution is 6.35. The van der Waals surface area contributed by atoms with Crippen LogP contribution in [-0.4, -0.2) is 30.4 Å². The summed E-state index contributed by atoms with van der Waals surface area (Å²) in [5.74, 6) is -1.38. The van der Waals surface area contributed by atoms with Crippen LogP contribution in [0.2, 0.25) is 10.0 Å². The fraction of sp³-hybridized carbons (Fsp3) is 0.211. The predicted molar refractivity (Wildman–Crippen MR) is 103 cm³/mol. The average Bonchev–Trinajstić information content (AvgIpc) is 2.75.